The molecule has 1 atom stereocenters. The molecule has 0 spiro atoms. The molecule has 87 heavy (non-hydrogen) atoms. The fraction of sp³-hybridized carbons (Fsp3) is 0.806. The van der Waals surface area contributed by atoms with Gasteiger partial charge in [-0.25, -0.2) is 0 Å². The second kappa shape index (κ2) is 39.1. The minimum absolute atomic E-state index is 0.139. The average Bonchev–Trinajstić information content (AvgIpc) is 2.76. The molecule has 8 fully saturated rings. The van der Waals surface area contributed by atoms with Crippen molar-refractivity contribution in [3.05, 3.63) is 78.4 Å². The number of benzene rings is 2. The second-order valence-corrected chi connectivity index (χ2v) is 27.5. The van der Waals surface area contributed by atoms with Crippen LogP contribution in [0.4, 0.5) is 0 Å². The van der Waals surface area contributed by atoms with Gasteiger partial charge < -0.3 is 71.4 Å². The van der Waals surface area contributed by atoms with Crippen LogP contribution in [0, 0.1) is 49.2 Å². The molecule has 8 saturated heterocycles. The van der Waals surface area contributed by atoms with Crippen LogP contribution in [-0.4, -0.2) is 177 Å². The van der Waals surface area contributed by atoms with E-state index in [0.29, 0.717) is 41.5 Å². The Balaban J connectivity index is 0.000000196. The number of hydrogen-bond acceptors (Lipinski definition) is 15. The largest absolute Gasteiger partial charge is 0.493 e. The lowest BCUT2D eigenvalue weighted by molar-refractivity contribution is -0.187. The number of rotatable bonds is 35. The predicted octanol–water partition coefficient (Wildman–Crippen LogP) is 13.2. The Bertz CT molecular complexity index is 2000. The van der Waals surface area contributed by atoms with E-state index in [4.69, 9.17) is 71.4 Å². The smallest absolute Gasteiger partial charge is 0.119 e. The molecule has 0 aromatic heterocycles. The van der Waals surface area contributed by atoms with E-state index in [-0.39, 0.29) is 28.3 Å². The van der Waals surface area contributed by atoms with E-state index in [1.54, 1.807) is 6.08 Å². The highest BCUT2D eigenvalue weighted by Crippen LogP contribution is 2.37. The third-order valence-electron chi connectivity index (χ3n) is 19.7. The molecule has 2 aromatic carbocycles. The van der Waals surface area contributed by atoms with E-state index >= 15 is 0 Å². The molecular weight excluding hydrogens is 1100 g/mol. The van der Waals surface area contributed by atoms with E-state index in [1.807, 2.05) is 30.3 Å². The van der Waals surface area contributed by atoms with E-state index in [2.05, 4.69) is 100 Å². The van der Waals surface area contributed by atoms with Crippen LogP contribution in [0.1, 0.15) is 151 Å². The quantitative estimate of drug-likeness (QED) is 0.0515. The van der Waals surface area contributed by atoms with Gasteiger partial charge in [-0.2, -0.15) is 0 Å². The molecule has 2 aromatic rings. The lowest BCUT2D eigenvalue weighted by Gasteiger charge is -2.44. The predicted molar refractivity (Wildman–Crippen MR) is 344 cm³/mol. The van der Waals surface area contributed by atoms with Crippen molar-refractivity contribution in [1.82, 2.24) is 0 Å². The maximum atomic E-state index is 8.76. The van der Waals surface area contributed by atoms with Gasteiger partial charge in [-0.15, -0.1) is 6.58 Å². The first-order chi connectivity index (χ1) is 42.1. The molecule has 15 nitrogen and oxygen atoms in total. The van der Waals surface area contributed by atoms with Gasteiger partial charge in [0.15, 0.2) is 0 Å². The Morgan fingerprint density at radius 1 is 0.437 bits per heavy atom. The molecule has 8 aliphatic heterocycles. The molecule has 1 unspecified atom stereocenters. The number of unbranched alkanes of at least 4 members (excludes halogenated alkanes) is 1. The molecule has 10 rings (SSSR count). The summed E-state index contributed by atoms with van der Waals surface area (Å²) in [5.74, 6) is 1.71. The molecule has 0 radical (unpaired) electrons. The average molecular weight is 1230 g/mol. The lowest BCUT2D eigenvalue weighted by Crippen LogP contribution is -2.49. The molecule has 0 amide bonds. The van der Waals surface area contributed by atoms with Crippen LogP contribution in [0.5, 0.6) is 5.75 Å². The van der Waals surface area contributed by atoms with Crippen molar-refractivity contribution in [2.45, 2.75) is 153 Å². The summed E-state index contributed by atoms with van der Waals surface area (Å²) < 4.78 is 76.3. The summed E-state index contributed by atoms with van der Waals surface area (Å²) in [7, 11) is 0. The van der Waals surface area contributed by atoms with Gasteiger partial charge in [0.25, 0.3) is 0 Å². The molecule has 500 valence electrons. The zero-order valence-electron chi connectivity index (χ0n) is 56.3. The lowest BCUT2D eigenvalue weighted by atomic mass is 9.83. The molecule has 0 bridgehead atoms. The van der Waals surface area contributed by atoms with Crippen LogP contribution in [0.15, 0.2) is 67.3 Å². The molecule has 8 aliphatic rings. The van der Waals surface area contributed by atoms with Crippen molar-refractivity contribution in [3.8, 4) is 5.75 Å². The number of hydrogen-bond donors (Lipinski definition) is 1. The highest BCUT2D eigenvalue weighted by Gasteiger charge is 2.43. The van der Waals surface area contributed by atoms with Crippen LogP contribution in [-0.2, 0) is 74.8 Å². The van der Waals surface area contributed by atoms with Crippen LogP contribution in [0.3, 0.4) is 0 Å². The maximum absolute atomic E-state index is 8.76. The number of aliphatic hydroxyl groups is 1. The summed E-state index contributed by atoms with van der Waals surface area (Å²) in [6.07, 6.45) is 14.9. The fourth-order valence-corrected chi connectivity index (χ4v) is 10.5. The zero-order valence-corrected chi connectivity index (χ0v) is 56.3. The zero-order chi connectivity index (χ0) is 62.9. The summed E-state index contributed by atoms with van der Waals surface area (Å²) in [6, 6.07) is 18.5. The van der Waals surface area contributed by atoms with Crippen LogP contribution in [0.2, 0.25) is 0 Å². The van der Waals surface area contributed by atoms with Gasteiger partial charge in [0, 0.05) is 44.5 Å². The number of aliphatic hydroxyl groups excluding tert-OH is 1. The van der Waals surface area contributed by atoms with E-state index < -0.39 is 0 Å². The normalized spacial score (nSPS) is 22.0. The third-order valence-corrected chi connectivity index (χ3v) is 19.7. The maximum Gasteiger partial charge on any atom is 0.119 e. The van der Waals surface area contributed by atoms with E-state index in [9.17, 15) is 0 Å². The topological polar surface area (TPSA) is 149 Å². The summed E-state index contributed by atoms with van der Waals surface area (Å²) in [5.41, 5.74) is 4.61. The van der Waals surface area contributed by atoms with Gasteiger partial charge in [0.1, 0.15) is 5.75 Å². The van der Waals surface area contributed by atoms with Gasteiger partial charge in [0.2, 0.25) is 0 Å². The van der Waals surface area contributed by atoms with Gasteiger partial charge in [-0.1, -0.05) is 137 Å². The van der Waals surface area contributed by atoms with Crippen LogP contribution < -0.4 is 4.74 Å². The Hall–Kier alpha value is -2.58. The summed E-state index contributed by atoms with van der Waals surface area (Å²) in [6.45, 7) is 48.1. The van der Waals surface area contributed by atoms with Crippen molar-refractivity contribution in [3.63, 3.8) is 0 Å². The molecule has 1 N–H and O–H groups in total. The Morgan fingerprint density at radius 2 is 0.793 bits per heavy atom. The minimum Gasteiger partial charge on any atom is -0.493 e. The van der Waals surface area contributed by atoms with Crippen LogP contribution in [0.25, 0.3) is 0 Å². The highest BCUT2D eigenvalue weighted by molar-refractivity contribution is 5.22. The van der Waals surface area contributed by atoms with Crippen LogP contribution >= 0.6 is 0 Å². The first-order valence-electron chi connectivity index (χ1n) is 33.6. The SMILES string of the molecule is C=CCOCC1(CC)COC1.CCC1(CO)COC1.CCC1(COCC2(CC)COC2)COC1.CCC1(COCc2ccc(COCC3(C)COC3)cc2)COC1.CCC1(COc2ccccc2)COC1.CCCCC(CC)COCC1(CC)COC1. The van der Waals surface area contributed by atoms with Crippen molar-refractivity contribution in [1.29, 1.82) is 0 Å². The third kappa shape index (κ3) is 24.4. The van der Waals surface area contributed by atoms with E-state index in [0.717, 1.165) is 209 Å². The number of para-hydroxylation sites is 1. The summed E-state index contributed by atoms with van der Waals surface area (Å²) in [5, 5.41) is 8.76. The first-order valence-corrected chi connectivity index (χ1v) is 33.6. The molecule has 0 saturated carbocycles. The van der Waals surface area contributed by atoms with Gasteiger partial charge >= 0.3 is 0 Å². The molecule has 8 heterocycles. The second-order valence-electron chi connectivity index (χ2n) is 27.5. The molecular formula is C72H122O15. The van der Waals surface area contributed by atoms with E-state index in [1.165, 1.54) is 43.2 Å². The standard InChI is InChI=1S/C19H28O4.C14H28O2.C12H22O3.C12H16O2.C9H16O2.C6H12O2/c1-3-19(14-23-15-19)13-21-9-17-6-4-16(5-7-17)8-20-10-18(2)11-22-12-18;1-4-7-8-13(5-2)9-15-10-14(6-3)11-16-12-14;1-3-11(5-13-6-11)9-15-10-12(4-2)7-14-8-12;1-2-12(8-13-9-12)10-14-11-6-4-3-5-7-11;1-3-5-10-6-9(4-2)7-11-8-9;1-2-6(3-7)4-8-5-6/h4-7H,3,8-15H2,1-2H3;13H,4-12H2,1-3H3;3-10H2,1-2H3;3-7H,2,8-10H2,1H3;3H,1,4-8H2,2H3;7H,2-5H2,1H3. The van der Waals surface area contributed by atoms with Gasteiger partial charge in [0.05, 0.1) is 184 Å². The van der Waals surface area contributed by atoms with Crippen molar-refractivity contribution in [2.75, 3.05) is 172 Å². The van der Waals surface area contributed by atoms with Crippen molar-refractivity contribution in [2.24, 2.45) is 49.2 Å². The van der Waals surface area contributed by atoms with Gasteiger partial charge in [-0.05, 0) is 80.5 Å². The van der Waals surface area contributed by atoms with Gasteiger partial charge in [-0.3, -0.25) is 0 Å². The fourth-order valence-electron chi connectivity index (χ4n) is 10.5. The first kappa shape index (κ1) is 75.1. The Morgan fingerprint density at radius 3 is 1.10 bits per heavy atom. The van der Waals surface area contributed by atoms with Crippen molar-refractivity contribution < 1.29 is 71.4 Å². The van der Waals surface area contributed by atoms with Crippen molar-refractivity contribution >= 4 is 0 Å². The minimum atomic E-state index is 0.139. The number of ether oxygens (including phenoxy) is 14. The summed E-state index contributed by atoms with van der Waals surface area (Å²) in [4.78, 5) is 0. The molecule has 0 aliphatic carbocycles. The summed E-state index contributed by atoms with van der Waals surface area (Å²) >= 11 is 0. The highest BCUT2D eigenvalue weighted by atomic mass is 16.5. The Kier molecular flexibility index (Phi) is 33.8. The Labute approximate surface area is 527 Å². The molecule has 15 heteroatoms. The monoisotopic (exact) mass is 1230 g/mol.